The minimum Gasteiger partial charge on any atom is -0.292 e. The smallest absolute Gasteiger partial charge is 0.181 e. The molecule has 0 fully saturated rings. The molecule has 0 radical (unpaired) electrons. The molecular weight excluding hydrogens is 212 g/mol. The Hall–Kier alpha value is -1.25. The van der Waals surface area contributed by atoms with Crippen LogP contribution in [-0.4, -0.2) is 15.8 Å². The molecule has 1 heterocycles. The Morgan fingerprint density at radius 2 is 2.18 bits per heavy atom. The molecule has 3 nitrogen and oxygen atoms in total. The van der Waals surface area contributed by atoms with Crippen LogP contribution < -0.4 is 0 Å². The first-order chi connectivity index (χ1) is 8.17. The Kier molecular flexibility index (Phi) is 5.81. The Balaban J connectivity index is 2.58. The highest BCUT2D eigenvalue weighted by Gasteiger charge is 2.14. The maximum absolute atomic E-state index is 12.0. The second-order valence-electron chi connectivity index (χ2n) is 4.53. The van der Waals surface area contributed by atoms with E-state index in [1.807, 2.05) is 6.92 Å². The number of aromatic nitrogens is 2. The van der Waals surface area contributed by atoms with Gasteiger partial charge in [0, 0.05) is 12.6 Å². The van der Waals surface area contributed by atoms with Crippen LogP contribution in [0.2, 0.25) is 0 Å². The largest absolute Gasteiger partial charge is 0.292 e. The highest BCUT2D eigenvalue weighted by atomic mass is 16.1. The van der Waals surface area contributed by atoms with E-state index in [0.29, 0.717) is 23.9 Å². The van der Waals surface area contributed by atoms with Crippen molar-refractivity contribution in [3.8, 4) is 0 Å². The van der Waals surface area contributed by atoms with Gasteiger partial charge in [-0.3, -0.25) is 4.79 Å². The monoisotopic (exact) mass is 234 g/mol. The van der Waals surface area contributed by atoms with Gasteiger partial charge in [-0.2, -0.15) is 0 Å². The van der Waals surface area contributed by atoms with Gasteiger partial charge in [-0.1, -0.05) is 39.5 Å². The number of hydrogen-bond acceptors (Lipinski definition) is 3. The molecule has 0 spiro atoms. The fraction of sp³-hybridized carbons (Fsp3) is 0.643. The van der Waals surface area contributed by atoms with Gasteiger partial charge in [0.1, 0.15) is 11.5 Å². The van der Waals surface area contributed by atoms with Gasteiger partial charge >= 0.3 is 0 Å². The molecule has 0 aliphatic rings. The second kappa shape index (κ2) is 7.15. The van der Waals surface area contributed by atoms with Gasteiger partial charge in [-0.05, 0) is 18.9 Å². The molecule has 1 aromatic rings. The highest BCUT2D eigenvalue weighted by Crippen LogP contribution is 2.18. The molecule has 0 aliphatic carbocycles. The number of hydrogen-bond donors (Lipinski definition) is 0. The molecule has 0 aromatic carbocycles. The Bertz CT molecular complexity index is 363. The third kappa shape index (κ3) is 4.63. The average molecular weight is 234 g/mol. The summed E-state index contributed by atoms with van der Waals surface area (Å²) >= 11 is 0. The Labute approximate surface area is 104 Å². The van der Waals surface area contributed by atoms with Gasteiger partial charge in [0.25, 0.3) is 0 Å². The molecule has 17 heavy (non-hydrogen) atoms. The Morgan fingerprint density at radius 3 is 2.76 bits per heavy atom. The van der Waals surface area contributed by atoms with Crippen molar-refractivity contribution in [2.75, 3.05) is 0 Å². The molecule has 0 bridgehead atoms. The summed E-state index contributed by atoms with van der Waals surface area (Å²) in [6.45, 7) is 6.15. The number of nitrogens with zero attached hydrogens (tertiary/aromatic N) is 2. The number of ketones is 1. The van der Waals surface area contributed by atoms with E-state index < -0.39 is 0 Å². The molecular formula is C14H22N2O. The Morgan fingerprint density at radius 1 is 1.41 bits per heavy atom. The first kappa shape index (κ1) is 13.8. The van der Waals surface area contributed by atoms with E-state index in [1.54, 1.807) is 12.3 Å². The number of Topliss-reactive ketones (excluding diaryl/α,β-unsaturated/α-hetero) is 1. The standard InChI is InChI=1S/C14H22N2O/c1-4-6-7-12(5-2)10-14(17)13-8-9-15-11(3)16-13/h8-9,12H,4-7,10H2,1-3H3. The summed E-state index contributed by atoms with van der Waals surface area (Å²) < 4.78 is 0. The summed E-state index contributed by atoms with van der Waals surface area (Å²) in [5.41, 5.74) is 0.562. The molecule has 1 atom stereocenters. The van der Waals surface area contributed by atoms with E-state index in [0.717, 1.165) is 12.8 Å². The van der Waals surface area contributed by atoms with E-state index in [-0.39, 0.29) is 5.78 Å². The van der Waals surface area contributed by atoms with E-state index in [2.05, 4.69) is 23.8 Å². The fourth-order valence-corrected chi connectivity index (χ4v) is 1.92. The van der Waals surface area contributed by atoms with Crippen LogP contribution in [0.4, 0.5) is 0 Å². The maximum Gasteiger partial charge on any atom is 0.181 e. The molecule has 1 rings (SSSR count). The van der Waals surface area contributed by atoms with E-state index in [4.69, 9.17) is 0 Å². The van der Waals surface area contributed by atoms with Gasteiger partial charge in [0.15, 0.2) is 5.78 Å². The van der Waals surface area contributed by atoms with Crippen molar-refractivity contribution in [2.45, 2.75) is 52.9 Å². The molecule has 0 saturated heterocycles. The van der Waals surface area contributed by atoms with Crippen LogP contribution in [0, 0.1) is 12.8 Å². The van der Waals surface area contributed by atoms with Crippen molar-refractivity contribution in [3.05, 3.63) is 23.8 Å². The first-order valence-electron chi connectivity index (χ1n) is 6.50. The van der Waals surface area contributed by atoms with Crippen molar-refractivity contribution in [3.63, 3.8) is 0 Å². The van der Waals surface area contributed by atoms with Crippen LogP contribution in [0.5, 0.6) is 0 Å². The minimum atomic E-state index is 0.151. The highest BCUT2D eigenvalue weighted by molar-refractivity contribution is 5.94. The van der Waals surface area contributed by atoms with Crippen molar-refractivity contribution < 1.29 is 4.79 Å². The van der Waals surface area contributed by atoms with Crippen molar-refractivity contribution in [1.82, 2.24) is 9.97 Å². The molecule has 0 saturated carbocycles. The molecule has 1 unspecified atom stereocenters. The first-order valence-corrected chi connectivity index (χ1v) is 6.50. The molecule has 0 amide bonds. The minimum absolute atomic E-state index is 0.151. The predicted molar refractivity (Wildman–Crippen MR) is 69.0 cm³/mol. The van der Waals surface area contributed by atoms with Gasteiger partial charge < -0.3 is 0 Å². The van der Waals surface area contributed by atoms with E-state index in [1.165, 1.54) is 12.8 Å². The molecule has 0 aliphatic heterocycles. The second-order valence-corrected chi connectivity index (χ2v) is 4.53. The van der Waals surface area contributed by atoms with Gasteiger partial charge in [0.05, 0.1) is 0 Å². The van der Waals surface area contributed by atoms with Gasteiger partial charge in [0.2, 0.25) is 0 Å². The lowest BCUT2D eigenvalue weighted by atomic mass is 9.93. The molecule has 0 N–H and O–H groups in total. The van der Waals surface area contributed by atoms with Gasteiger partial charge in [-0.15, -0.1) is 0 Å². The maximum atomic E-state index is 12.0. The van der Waals surface area contributed by atoms with Crippen LogP contribution in [-0.2, 0) is 0 Å². The van der Waals surface area contributed by atoms with E-state index in [9.17, 15) is 4.79 Å². The number of rotatable bonds is 7. The summed E-state index contributed by atoms with van der Waals surface area (Å²) in [5.74, 6) is 1.31. The summed E-state index contributed by atoms with van der Waals surface area (Å²) in [6.07, 6.45) is 6.88. The van der Waals surface area contributed by atoms with Crippen LogP contribution in [0.25, 0.3) is 0 Å². The summed E-state index contributed by atoms with van der Waals surface area (Å²) in [5, 5.41) is 0. The average Bonchev–Trinajstić information content (AvgIpc) is 2.34. The topological polar surface area (TPSA) is 42.9 Å². The lowest BCUT2D eigenvalue weighted by molar-refractivity contribution is 0.0951. The zero-order valence-corrected chi connectivity index (χ0v) is 11.1. The lowest BCUT2D eigenvalue weighted by Gasteiger charge is -2.12. The lowest BCUT2D eigenvalue weighted by Crippen LogP contribution is -2.10. The number of carbonyl (C=O) groups is 1. The van der Waals surface area contributed by atoms with Crippen molar-refractivity contribution >= 4 is 5.78 Å². The van der Waals surface area contributed by atoms with Crippen molar-refractivity contribution in [2.24, 2.45) is 5.92 Å². The van der Waals surface area contributed by atoms with Crippen LogP contribution in [0.15, 0.2) is 12.3 Å². The van der Waals surface area contributed by atoms with Crippen LogP contribution in [0.1, 0.15) is 62.3 Å². The van der Waals surface area contributed by atoms with Crippen LogP contribution in [0.3, 0.4) is 0 Å². The summed E-state index contributed by atoms with van der Waals surface area (Å²) in [7, 11) is 0. The van der Waals surface area contributed by atoms with Crippen molar-refractivity contribution in [1.29, 1.82) is 0 Å². The van der Waals surface area contributed by atoms with E-state index >= 15 is 0 Å². The number of carbonyl (C=O) groups excluding carboxylic acids is 1. The fourth-order valence-electron chi connectivity index (χ4n) is 1.92. The summed E-state index contributed by atoms with van der Waals surface area (Å²) in [6, 6.07) is 1.71. The number of unbranched alkanes of at least 4 members (excludes halogenated alkanes) is 1. The number of aryl methyl sites for hydroxylation is 1. The molecule has 94 valence electrons. The normalized spacial score (nSPS) is 12.4. The third-order valence-corrected chi connectivity index (χ3v) is 3.08. The zero-order valence-electron chi connectivity index (χ0n) is 11.1. The summed E-state index contributed by atoms with van der Waals surface area (Å²) in [4.78, 5) is 20.2. The van der Waals surface area contributed by atoms with Crippen LogP contribution >= 0.6 is 0 Å². The molecule has 1 aromatic heterocycles. The predicted octanol–water partition coefficient (Wildman–Crippen LogP) is 3.57. The van der Waals surface area contributed by atoms with Gasteiger partial charge in [-0.25, -0.2) is 9.97 Å². The third-order valence-electron chi connectivity index (χ3n) is 3.08. The molecule has 3 heteroatoms. The SMILES string of the molecule is CCCCC(CC)CC(=O)c1ccnc(C)n1. The quantitative estimate of drug-likeness (QED) is 0.677. The zero-order chi connectivity index (χ0) is 12.7.